The molecule has 0 unspecified atom stereocenters. The first-order valence-corrected chi connectivity index (χ1v) is 31.9. The number of hydrogen-bond donors (Lipinski definition) is 3. The Morgan fingerprint density at radius 3 is 1.38 bits per heavy atom. The first-order chi connectivity index (χ1) is 31.7. The summed E-state index contributed by atoms with van der Waals surface area (Å²) in [6, 6.07) is 22.2. The quantitative estimate of drug-likeness (QED) is 0.114. The fourth-order valence-corrected chi connectivity index (χ4v) is 10.8. The van der Waals surface area contributed by atoms with Gasteiger partial charge in [0.2, 0.25) is 0 Å². The summed E-state index contributed by atoms with van der Waals surface area (Å²) in [5.74, 6) is 1.64. The van der Waals surface area contributed by atoms with Gasteiger partial charge in [-0.05, 0) is 109 Å². The molecule has 3 saturated heterocycles. The third kappa shape index (κ3) is 15.3. The first kappa shape index (κ1) is 54.6. The summed E-state index contributed by atoms with van der Waals surface area (Å²) in [4.78, 5) is 24.2. The number of amides is 1. The van der Waals surface area contributed by atoms with Crippen molar-refractivity contribution in [1.82, 2.24) is 23.9 Å². The van der Waals surface area contributed by atoms with Gasteiger partial charge < -0.3 is 28.7 Å². The number of benzene rings is 2. The molecule has 3 aliphatic heterocycles. The molecule has 2 aromatic heterocycles. The van der Waals surface area contributed by atoms with Crippen LogP contribution in [0, 0.1) is 0 Å². The lowest BCUT2D eigenvalue weighted by atomic mass is 10.2. The van der Waals surface area contributed by atoms with Crippen LogP contribution in [0.1, 0.15) is 41.5 Å². The molecule has 3 N–H and O–H groups in total. The number of hydrogen-bond acceptors (Lipinski definition) is 13. The van der Waals surface area contributed by atoms with Crippen LogP contribution in [-0.4, -0.2) is 124 Å². The van der Waals surface area contributed by atoms with E-state index in [2.05, 4.69) is 119 Å². The number of cyclic esters (lactones) is 1. The fraction of sp³-hybridized carbons (Fsp3) is 0.489. The van der Waals surface area contributed by atoms with Crippen molar-refractivity contribution in [2.45, 2.75) is 77.8 Å². The second kappa shape index (κ2) is 22.6. The zero-order valence-corrected chi connectivity index (χ0v) is 45.8. The van der Waals surface area contributed by atoms with E-state index in [4.69, 9.17) is 32.1 Å². The van der Waals surface area contributed by atoms with Crippen molar-refractivity contribution in [3.63, 3.8) is 0 Å². The lowest BCUT2D eigenvalue weighted by Gasteiger charge is -2.36. The minimum Gasteiger partial charge on any atom is -0.542 e. The number of nitrogens with one attached hydrogen (secondary N) is 3. The van der Waals surface area contributed by atoms with Crippen molar-refractivity contribution >= 4 is 89.4 Å². The van der Waals surface area contributed by atoms with Gasteiger partial charge in [0.15, 0.2) is 0 Å². The largest absolute Gasteiger partial charge is 0.542 e. The van der Waals surface area contributed by atoms with Crippen LogP contribution >= 0.6 is 23.2 Å². The fourth-order valence-electron chi connectivity index (χ4n) is 6.29. The van der Waals surface area contributed by atoms with E-state index in [1.54, 1.807) is 24.4 Å². The van der Waals surface area contributed by atoms with Crippen LogP contribution in [0.25, 0.3) is 0 Å². The number of rotatable bonds is 12. The van der Waals surface area contributed by atoms with Gasteiger partial charge in [0.25, 0.3) is 16.6 Å². The van der Waals surface area contributed by atoms with Crippen LogP contribution in [0.5, 0.6) is 11.5 Å². The van der Waals surface area contributed by atoms with E-state index < -0.39 is 43.1 Å². The van der Waals surface area contributed by atoms with Gasteiger partial charge in [-0.1, -0.05) is 64.7 Å². The highest BCUT2D eigenvalue weighted by atomic mass is 35.5. The maximum Gasteiger partial charge on any atom is 0.425 e. The lowest BCUT2D eigenvalue weighted by molar-refractivity contribution is 0.170. The lowest BCUT2D eigenvalue weighted by Crippen LogP contribution is -2.50. The van der Waals surface area contributed by atoms with Crippen LogP contribution < -0.4 is 33.4 Å². The van der Waals surface area contributed by atoms with Gasteiger partial charge >= 0.3 is 26.5 Å². The molecule has 0 atom stereocenters. The van der Waals surface area contributed by atoms with Gasteiger partial charge in [-0.25, -0.2) is 19.5 Å². The Hall–Kier alpha value is -4.36. The second-order valence-corrected chi connectivity index (χ2v) is 33.0. The molecule has 0 spiro atoms. The third-order valence-corrected chi connectivity index (χ3v) is 24.5. The Morgan fingerprint density at radius 1 is 0.603 bits per heavy atom. The molecule has 0 saturated carbocycles. The number of anilines is 4. The summed E-state index contributed by atoms with van der Waals surface area (Å²) in [5, 5.41) is 4.93. The van der Waals surface area contributed by atoms with E-state index in [9.17, 15) is 21.6 Å². The molecule has 1 amide bonds. The molecule has 0 aliphatic carbocycles. The molecule has 374 valence electrons. The Balaban J connectivity index is 0.000000206. The van der Waals surface area contributed by atoms with Gasteiger partial charge in [-0.3, -0.25) is 4.72 Å². The van der Waals surface area contributed by atoms with E-state index in [1.165, 1.54) is 22.3 Å². The SMILES string of the molecule is CC(C)(C)[Si](C)(C)Oc1ccc(NS(=O)(=O)N2CCN(c3ccc(Cl)cc3)CC2)nc1.CC(C)(C)[Si](C)(C)Oc1ccc(NS(=O)(=O)N2CCOC2=O)nc1.Clc1ccc(N2CCNCC2)cc1. The molecule has 2 aromatic carbocycles. The highest BCUT2D eigenvalue weighted by molar-refractivity contribution is 7.91. The minimum atomic E-state index is -4.02. The van der Waals surface area contributed by atoms with Crippen LogP contribution in [0.4, 0.5) is 27.8 Å². The van der Waals surface area contributed by atoms with E-state index in [0.29, 0.717) is 47.0 Å². The predicted octanol–water partition coefficient (Wildman–Crippen LogP) is 8.92. The zero-order chi connectivity index (χ0) is 50.1. The summed E-state index contributed by atoms with van der Waals surface area (Å²) in [5.41, 5.74) is 2.30. The molecule has 17 nitrogen and oxygen atoms in total. The van der Waals surface area contributed by atoms with Crippen LogP contribution in [-0.2, 0) is 25.2 Å². The highest BCUT2D eigenvalue weighted by Gasteiger charge is 2.40. The van der Waals surface area contributed by atoms with Crippen LogP contribution in [0.3, 0.4) is 0 Å². The van der Waals surface area contributed by atoms with E-state index >= 15 is 0 Å². The van der Waals surface area contributed by atoms with Gasteiger partial charge in [0, 0.05) is 73.8 Å². The number of carbonyl (C=O) groups excluding carboxylic acids is 1. The molecule has 3 fully saturated rings. The van der Waals surface area contributed by atoms with Gasteiger partial charge in [0.1, 0.15) is 29.7 Å². The Bertz CT molecular complexity index is 2490. The summed E-state index contributed by atoms with van der Waals surface area (Å²) in [7, 11) is -11.7. The molecule has 3 aliphatic rings. The predicted molar refractivity (Wildman–Crippen MR) is 279 cm³/mol. The minimum absolute atomic E-state index is 0.0132. The van der Waals surface area contributed by atoms with E-state index in [-0.39, 0.29) is 34.9 Å². The molecular weight excluding hydrogens is 986 g/mol. The summed E-state index contributed by atoms with van der Waals surface area (Å²) in [6.07, 6.45) is 2.16. The van der Waals surface area contributed by atoms with Crippen molar-refractivity contribution in [2.75, 3.05) is 84.8 Å². The number of nitrogens with zero attached hydrogens (tertiary/aromatic N) is 6. The molecule has 5 heterocycles. The summed E-state index contributed by atoms with van der Waals surface area (Å²) >= 11 is 11.8. The van der Waals surface area contributed by atoms with Crippen molar-refractivity contribution in [3.05, 3.63) is 95.2 Å². The monoisotopic (exact) mass is 1050 g/mol. The second-order valence-electron chi connectivity index (χ2n) is 19.5. The molecule has 0 radical (unpaired) electrons. The standard InChI is InChI=1S/C21H31ClN4O3SSi.C14H23N3O5SSi.C10H13ClN2/c1-21(2,3)31(4,5)29-19-10-11-20(23-16-19)24-30(27,28)26-14-12-25(13-15-26)18-8-6-17(22)7-9-18;1-14(2,3)24(4,5)22-11-6-7-12(15-10-11)16-23(19,20)17-8-9-21-13(17)18;11-9-1-3-10(4-2-9)13-7-5-12-6-8-13/h6-11,16H,12-15H2,1-5H3,(H,23,24);6-7,10H,8-9H2,1-5H3,(H,15,16);1-4,12H,5-8H2. The summed E-state index contributed by atoms with van der Waals surface area (Å²) in [6.45, 7) is 27.8. The van der Waals surface area contributed by atoms with Crippen molar-refractivity contribution < 1.29 is 35.2 Å². The molecule has 7 rings (SSSR count). The van der Waals surface area contributed by atoms with E-state index in [0.717, 1.165) is 36.9 Å². The molecule has 4 aromatic rings. The topological polar surface area (TPSA) is 188 Å². The van der Waals surface area contributed by atoms with Gasteiger partial charge in [-0.15, -0.1) is 0 Å². The van der Waals surface area contributed by atoms with Crippen LogP contribution in [0.2, 0.25) is 46.3 Å². The van der Waals surface area contributed by atoms with Crippen LogP contribution in [0.15, 0.2) is 85.2 Å². The average molecular weight is 1050 g/mol. The smallest absolute Gasteiger partial charge is 0.425 e. The van der Waals surface area contributed by atoms with E-state index in [1.807, 2.05) is 36.4 Å². The number of halogens is 2. The van der Waals surface area contributed by atoms with Crippen molar-refractivity contribution in [2.24, 2.45) is 0 Å². The summed E-state index contributed by atoms with van der Waals surface area (Å²) < 4.78 is 73.6. The number of carbonyl (C=O) groups is 1. The Morgan fingerprint density at radius 2 is 1.01 bits per heavy atom. The first-order valence-electron chi connectivity index (χ1n) is 22.4. The Labute approximate surface area is 415 Å². The maximum absolute atomic E-state index is 12.8. The van der Waals surface area contributed by atoms with Crippen molar-refractivity contribution in [3.8, 4) is 11.5 Å². The average Bonchev–Trinajstić information content (AvgIpc) is 3.72. The maximum atomic E-state index is 12.8. The molecular formula is C45H67Cl2N9O8S2Si2. The number of piperazine rings is 2. The molecule has 23 heteroatoms. The number of aromatic nitrogens is 2. The third-order valence-electron chi connectivity index (χ3n) is 12.4. The van der Waals surface area contributed by atoms with Gasteiger partial charge in [0.05, 0.1) is 18.9 Å². The van der Waals surface area contributed by atoms with Crippen molar-refractivity contribution in [1.29, 1.82) is 0 Å². The Kier molecular flexibility index (Phi) is 18.1. The normalized spacial score (nSPS) is 16.4. The number of pyridine rings is 2. The highest BCUT2D eigenvalue weighted by Crippen LogP contribution is 2.38. The number of ether oxygens (including phenoxy) is 1. The zero-order valence-electron chi connectivity index (χ0n) is 40.7. The molecule has 68 heavy (non-hydrogen) atoms. The van der Waals surface area contributed by atoms with Gasteiger partial charge in [-0.2, -0.15) is 25.4 Å². The molecule has 0 bridgehead atoms.